The maximum atomic E-state index is 5.63. The molecule has 12 heavy (non-hydrogen) atoms. The van der Waals surface area contributed by atoms with E-state index in [0.29, 0.717) is 24.3 Å². The van der Waals surface area contributed by atoms with Crippen molar-refractivity contribution < 1.29 is 9.47 Å². The van der Waals surface area contributed by atoms with E-state index >= 15 is 0 Å². The summed E-state index contributed by atoms with van der Waals surface area (Å²) in [6.45, 7) is 4.27. The lowest BCUT2D eigenvalue weighted by Gasteiger charge is -2.07. The van der Waals surface area contributed by atoms with Crippen LogP contribution in [0.4, 0.5) is 0 Å². The summed E-state index contributed by atoms with van der Waals surface area (Å²) in [7, 11) is 1.67. The van der Waals surface area contributed by atoms with Gasteiger partial charge in [0.2, 0.25) is 0 Å². The number of hydrogen-bond donors (Lipinski definition) is 0. The number of hydrogen-bond acceptors (Lipinski definition) is 3. The third-order valence-corrected chi connectivity index (χ3v) is 3.06. The molecule has 1 unspecified atom stereocenters. The quantitative estimate of drug-likeness (QED) is 0.453. The fraction of sp³-hybridized carbons (Fsp3) is 1.00. The fourth-order valence-corrected chi connectivity index (χ4v) is 1.57. The Kier molecular flexibility index (Phi) is 10.1. The molecular weight excluding hydrogens is 196 g/mol. The number of methoxy groups -OCH3 is 1. The molecule has 0 rings (SSSR count). The molecule has 0 aromatic carbocycles. The highest BCUT2D eigenvalue weighted by molar-refractivity contribution is 7.99. The highest BCUT2D eigenvalue weighted by Crippen LogP contribution is 2.10. The second-order valence-electron chi connectivity index (χ2n) is 2.44. The van der Waals surface area contributed by atoms with E-state index in [1.807, 2.05) is 11.8 Å². The predicted molar refractivity (Wildman–Crippen MR) is 55.3 cm³/mol. The average molecular weight is 213 g/mol. The summed E-state index contributed by atoms with van der Waals surface area (Å²) in [5, 5.41) is 0.526. The smallest absolute Gasteiger partial charge is 0.0700 e. The first-order chi connectivity index (χ1) is 5.81. The lowest BCUT2D eigenvalue weighted by molar-refractivity contribution is 0.0790. The van der Waals surface area contributed by atoms with Gasteiger partial charge in [0.05, 0.1) is 19.8 Å². The van der Waals surface area contributed by atoms with Gasteiger partial charge < -0.3 is 9.47 Å². The molecule has 0 bridgehead atoms. The van der Waals surface area contributed by atoms with Crippen LogP contribution in [0.25, 0.3) is 0 Å². The normalized spacial score (nSPS) is 13.2. The summed E-state index contributed by atoms with van der Waals surface area (Å²) in [6.07, 6.45) is 0. The van der Waals surface area contributed by atoms with Crippen LogP contribution >= 0.6 is 23.4 Å². The molecule has 0 spiro atoms. The van der Waals surface area contributed by atoms with Gasteiger partial charge in [0.25, 0.3) is 0 Å². The zero-order valence-electron chi connectivity index (χ0n) is 7.72. The summed E-state index contributed by atoms with van der Waals surface area (Å²) < 4.78 is 10.1. The molecule has 0 amide bonds. The van der Waals surface area contributed by atoms with E-state index in [1.54, 1.807) is 7.11 Å². The summed E-state index contributed by atoms with van der Waals surface area (Å²) in [5.74, 6) is 1.72. The molecule has 0 aliphatic rings. The molecule has 0 N–H and O–H groups in total. The fourth-order valence-electron chi connectivity index (χ4n) is 0.597. The largest absolute Gasteiger partial charge is 0.382 e. The van der Waals surface area contributed by atoms with E-state index in [1.165, 1.54) is 0 Å². The molecule has 0 saturated heterocycles. The predicted octanol–water partition coefficient (Wildman–Crippen LogP) is 2.01. The number of ether oxygens (including phenoxy) is 2. The van der Waals surface area contributed by atoms with E-state index in [4.69, 9.17) is 21.1 Å². The topological polar surface area (TPSA) is 18.5 Å². The lowest BCUT2D eigenvalue weighted by Crippen LogP contribution is -2.07. The molecule has 0 fully saturated rings. The van der Waals surface area contributed by atoms with Gasteiger partial charge in [-0.15, -0.1) is 11.6 Å². The van der Waals surface area contributed by atoms with Crippen LogP contribution < -0.4 is 0 Å². The van der Waals surface area contributed by atoms with Crippen molar-refractivity contribution in [3.63, 3.8) is 0 Å². The van der Waals surface area contributed by atoms with Crippen LogP contribution in [0.1, 0.15) is 6.92 Å². The minimum atomic E-state index is 0.526. The van der Waals surface area contributed by atoms with Gasteiger partial charge in [-0.25, -0.2) is 0 Å². The van der Waals surface area contributed by atoms with Crippen LogP contribution in [-0.4, -0.2) is 43.8 Å². The number of thioether (sulfide) groups is 1. The summed E-state index contributed by atoms with van der Waals surface area (Å²) >= 11 is 7.47. The first-order valence-corrected chi connectivity index (χ1v) is 5.63. The van der Waals surface area contributed by atoms with Crippen molar-refractivity contribution in [3.05, 3.63) is 0 Å². The monoisotopic (exact) mass is 212 g/mol. The van der Waals surface area contributed by atoms with E-state index in [-0.39, 0.29) is 0 Å². The minimum absolute atomic E-state index is 0.526. The van der Waals surface area contributed by atoms with Gasteiger partial charge >= 0.3 is 0 Å². The van der Waals surface area contributed by atoms with Crippen molar-refractivity contribution in [2.45, 2.75) is 12.2 Å². The van der Waals surface area contributed by atoms with Crippen LogP contribution in [0.15, 0.2) is 0 Å². The first kappa shape index (κ1) is 12.6. The molecule has 0 aliphatic heterocycles. The van der Waals surface area contributed by atoms with Crippen molar-refractivity contribution in [1.82, 2.24) is 0 Å². The van der Waals surface area contributed by atoms with Gasteiger partial charge in [-0.1, -0.05) is 6.92 Å². The molecular formula is C8H17ClO2S. The van der Waals surface area contributed by atoms with Crippen LogP contribution in [-0.2, 0) is 9.47 Å². The van der Waals surface area contributed by atoms with Gasteiger partial charge in [0.15, 0.2) is 0 Å². The minimum Gasteiger partial charge on any atom is -0.382 e. The van der Waals surface area contributed by atoms with Crippen LogP contribution in [0, 0.1) is 0 Å². The van der Waals surface area contributed by atoms with E-state index in [0.717, 1.165) is 12.4 Å². The van der Waals surface area contributed by atoms with Crippen LogP contribution in [0.5, 0.6) is 0 Å². The van der Waals surface area contributed by atoms with Gasteiger partial charge in [0.1, 0.15) is 0 Å². The van der Waals surface area contributed by atoms with Crippen LogP contribution in [0.3, 0.4) is 0 Å². The molecule has 0 saturated carbocycles. The van der Waals surface area contributed by atoms with Crippen molar-refractivity contribution in [2.24, 2.45) is 0 Å². The van der Waals surface area contributed by atoms with Crippen molar-refractivity contribution in [2.75, 3.05) is 38.6 Å². The Balaban J connectivity index is 2.90. The molecule has 0 radical (unpaired) electrons. The lowest BCUT2D eigenvalue weighted by atomic mass is 10.6. The third-order valence-electron chi connectivity index (χ3n) is 1.28. The Morgan fingerprint density at radius 3 is 2.67 bits per heavy atom. The number of alkyl halides is 1. The maximum Gasteiger partial charge on any atom is 0.0700 e. The summed E-state index contributed by atoms with van der Waals surface area (Å²) in [4.78, 5) is 0. The zero-order valence-corrected chi connectivity index (χ0v) is 9.29. The Morgan fingerprint density at radius 1 is 1.33 bits per heavy atom. The Bertz CT molecular complexity index is 93.1. The van der Waals surface area contributed by atoms with Gasteiger partial charge in [-0.05, 0) is 0 Å². The van der Waals surface area contributed by atoms with Gasteiger partial charge in [-0.3, -0.25) is 0 Å². The Hall–Kier alpha value is 0.560. The summed E-state index contributed by atoms with van der Waals surface area (Å²) in [5.41, 5.74) is 0. The molecule has 1 atom stereocenters. The highest BCUT2D eigenvalue weighted by atomic mass is 35.5. The number of rotatable bonds is 8. The Morgan fingerprint density at radius 2 is 2.08 bits per heavy atom. The average Bonchev–Trinajstić information content (AvgIpc) is 2.10. The standard InChI is InChI=1S/C8H17ClO2S/c1-8(7-9)12-6-5-11-4-3-10-2/h8H,3-7H2,1-2H3. The van der Waals surface area contributed by atoms with Crippen molar-refractivity contribution in [1.29, 1.82) is 0 Å². The van der Waals surface area contributed by atoms with E-state index in [2.05, 4.69) is 6.92 Å². The van der Waals surface area contributed by atoms with E-state index in [9.17, 15) is 0 Å². The van der Waals surface area contributed by atoms with Crippen molar-refractivity contribution in [3.8, 4) is 0 Å². The molecule has 0 aromatic heterocycles. The third kappa shape index (κ3) is 8.65. The number of halogens is 1. The van der Waals surface area contributed by atoms with Gasteiger partial charge in [0, 0.05) is 24.0 Å². The first-order valence-electron chi connectivity index (χ1n) is 4.05. The SMILES string of the molecule is COCCOCCSC(C)CCl. The van der Waals surface area contributed by atoms with E-state index < -0.39 is 0 Å². The molecule has 74 valence electrons. The molecule has 4 heteroatoms. The maximum absolute atomic E-state index is 5.63. The second-order valence-corrected chi connectivity index (χ2v) is 4.30. The van der Waals surface area contributed by atoms with Crippen LogP contribution in [0.2, 0.25) is 0 Å². The Labute approximate surface area is 83.9 Å². The zero-order chi connectivity index (χ0) is 9.23. The van der Waals surface area contributed by atoms with Crippen molar-refractivity contribution >= 4 is 23.4 Å². The second kappa shape index (κ2) is 9.65. The summed E-state index contributed by atoms with van der Waals surface area (Å²) in [6, 6.07) is 0. The highest BCUT2D eigenvalue weighted by Gasteiger charge is 1.98. The van der Waals surface area contributed by atoms with Gasteiger partial charge in [-0.2, -0.15) is 11.8 Å². The molecule has 0 aromatic rings. The molecule has 2 nitrogen and oxygen atoms in total. The molecule has 0 aliphatic carbocycles. The molecule has 0 heterocycles.